The third kappa shape index (κ3) is 7.04. The molecule has 7 nitrogen and oxygen atoms in total. The zero-order chi connectivity index (χ0) is 26.9. The SMILES string of the molecule is CCCCN1C(=O)/C(=C\c2ccc(OCC(=O)Nc3ccccc3)c(OC)c2)SC1=Nc1ccc(C)cc1. The van der Waals surface area contributed by atoms with Gasteiger partial charge in [-0.15, -0.1) is 0 Å². The lowest BCUT2D eigenvalue weighted by Gasteiger charge is -2.14. The molecule has 1 fully saturated rings. The highest BCUT2D eigenvalue weighted by molar-refractivity contribution is 8.18. The van der Waals surface area contributed by atoms with Crippen LogP contribution in [0.3, 0.4) is 0 Å². The minimum Gasteiger partial charge on any atom is -0.493 e. The fourth-order valence-electron chi connectivity index (χ4n) is 3.74. The normalized spacial score (nSPS) is 15.2. The molecule has 0 bridgehead atoms. The number of amides is 2. The summed E-state index contributed by atoms with van der Waals surface area (Å²) in [4.78, 5) is 32.6. The van der Waals surface area contributed by atoms with Gasteiger partial charge < -0.3 is 14.8 Å². The number of aliphatic imine (C=N–C) groups is 1. The maximum Gasteiger partial charge on any atom is 0.266 e. The molecule has 0 saturated carbocycles. The Morgan fingerprint density at radius 2 is 1.82 bits per heavy atom. The largest absolute Gasteiger partial charge is 0.493 e. The zero-order valence-corrected chi connectivity index (χ0v) is 22.6. The molecule has 0 aromatic heterocycles. The van der Waals surface area contributed by atoms with E-state index in [-0.39, 0.29) is 18.4 Å². The summed E-state index contributed by atoms with van der Waals surface area (Å²) in [6.07, 6.45) is 3.70. The van der Waals surface area contributed by atoms with E-state index in [0.717, 1.165) is 29.7 Å². The number of methoxy groups -OCH3 is 1. The quantitative estimate of drug-likeness (QED) is 0.306. The van der Waals surface area contributed by atoms with Gasteiger partial charge in [0.1, 0.15) is 0 Å². The lowest BCUT2D eigenvalue weighted by atomic mass is 10.2. The first-order valence-electron chi connectivity index (χ1n) is 12.5. The van der Waals surface area contributed by atoms with Gasteiger partial charge >= 0.3 is 0 Å². The predicted octanol–water partition coefficient (Wildman–Crippen LogP) is 6.43. The highest BCUT2D eigenvalue weighted by Crippen LogP contribution is 2.36. The highest BCUT2D eigenvalue weighted by Gasteiger charge is 2.33. The Labute approximate surface area is 227 Å². The summed E-state index contributed by atoms with van der Waals surface area (Å²) in [6.45, 7) is 4.59. The minimum atomic E-state index is -0.273. The Hall–Kier alpha value is -4.04. The molecule has 4 rings (SSSR count). The average Bonchev–Trinajstić information content (AvgIpc) is 3.21. The molecule has 1 N–H and O–H groups in total. The van der Waals surface area contributed by atoms with Gasteiger partial charge in [-0.2, -0.15) is 0 Å². The number of para-hydroxylation sites is 1. The van der Waals surface area contributed by atoms with Crippen LogP contribution in [0.25, 0.3) is 6.08 Å². The highest BCUT2D eigenvalue weighted by atomic mass is 32.2. The molecule has 0 radical (unpaired) electrons. The molecule has 38 heavy (non-hydrogen) atoms. The molecule has 0 spiro atoms. The molecule has 1 aliphatic rings. The number of ether oxygens (including phenoxy) is 2. The molecule has 1 aliphatic heterocycles. The second kappa shape index (κ2) is 13.0. The number of carbonyl (C=O) groups is 2. The first kappa shape index (κ1) is 27.0. The van der Waals surface area contributed by atoms with Crippen LogP contribution in [0.2, 0.25) is 0 Å². The summed E-state index contributed by atoms with van der Waals surface area (Å²) >= 11 is 1.37. The Morgan fingerprint density at radius 1 is 1.05 bits per heavy atom. The summed E-state index contributed by atoms with van der Waals surface area (Å²) in [6, 6.07) is 22.5. The van der Waals surface area contributed by atoms with Gasteiger partial charge in [-0.3, -0.25) is 14.5 Å². The number of nitrogens with one attached hydrogen (secondary N) is 1. The third-order valence-electron chi connectivity index (χ3n) is 5.78. The number of nitrogens with zero attached hydrogens (tertiary/aromatic N) is 2. The molecule has 3 aromatic carbocycles. The number of thioether (sulfide) groups is 1. The van der Waals surface area contributed by atoms with Gasteiger partial charge in [0.05, 0.1) is 17.7 Å². The van der Waals surface area contributed by atoms with E-state index in [1.54, 1.807) is 17.0 Å². The van der Waals surface area contributed by atoms with Crippen LogP contribution in [0, 0.1) is 6.92 Å². The van der Waals surface area contributed by atoms with Crippen molar-refractivity contribution in [2.45, 2.75) is 26.7 Å². The van der Waals surface area contributed by atoms with Gasteiger partial charge in [-0.1, -0.05) is 55.3 Å². The van der Waals surface area contributed by atoms with Crippen LogP contribution in [0.5, 0.6) is 11.5 Å². The first-order valence-corrected chi connectivity index (χ1v) is 13.3. The van der Waals surface area contributed by atoms with E-state index in [9.17, 15) is 9.59 Å². The second-order valence-electron chi connectivity index (χ2n) is 8.76. The van der Waals surface area contributed by atoms with Crippen molar-refractivity contribution in [1.29, 1.82) is 0 Å². The smallest absolute Gasteiger partial charge is 0.266 e. The van der Waals surface area contributed by atoms with Crippen LogP contribution in [-0.2, 0) is 9.59 Å². The maximum absolute atomic E-state index is 13.3. The molecule has 1 heterocycles. The monoisotopic (exact) mass is 529 g/mol. The van der Waals surface area contributed by atoms with Gasteiger partial charge in [0.25, 0.3) is 11.8 Å². The van der Waals surface area contributed by atoms with Crippen molar-refractivity contribution in [3.63, 3.8) is 0 Å². The van der Waals surface area contributed by atoms with Crippen LogP contribution in [0.1, 0.15) is 30.9 Å². The Balaban J connectivity index is 1.49. The number of anilines is 1. The van der Waals surface area contributed by atoms with E-state index < -0.39 is 0 Å². The number of hydrogen-bond acceptors (Lipinski definition) is 6. The topological polar surface area (TPSA) is 80.2 Å². The number of carbonyl (C=O) groups excluding carboxylic acids is 2. The molecular weight excluding hydrogens is 498 g/mol. The summed E-state index contributed by atoms with van der Waals surface area (Å²) < 4.78 is 11.2. The van der Waals surface area contributed by atoms with Crippen molar-refractivity contribution in [2.75, 3.05) is 25.6 Å². The van der Waals surface area contributed by atoms with Crippen molar-refractivity contribution < 1.29 is 19.1 Å². The molecule has 0 atom stereocenters. The van der Waals surface area contributed by atoms with Gasteiger partial charge in [-0.25, -0.2) is 4.99 Å². The van der Waals surface area contributed by atoms with Crippen LogP contribution in [-0.4, -0.2) is 42.1 Å². The van der Waals surface area contributed by atoms with E-state index in [1.165, 1.54) is 18.9 Å². The zero-order valence-electron chi connectivity index (χ0n) is 21.8. The van der Waals surface area contributed by atoms with Crippen LogP contribution >= 0.6 is 11.8 Å². The number of aryl methyl sites for hydroxylation is 1. The molecular formula is C30H31N3O4S. The number of benzene rings is 3. The van der Waals surface area contributed by atoms with Gasteiger partial charge in [0, 0.05) is 12.2 Å². The Morgan fingerprint density at radius 3 is 2.53 bits per heavy atom. The van der Waals surface area contributed by atoms with Crippen molar-refractivity contribution in [1.82, 2.24) is 4.90 Å². The summed E-state index contributed by atoms with van der Waals surface area (Å²) in [5.41, 5.74) is 3.46. The molecule has 3 aromatic rings. The van der Waals surface area contributed by atoms with Crippen LogP contribution < -0.4 is 14.8 Å². The number of amidine groups is 1. The van der Waals surface area contributed by atoms with Crippen molar-refractivity contribution >= 4 is 46.2 Å². The van der Waals surface area contributed by atoms with Gasteiger partial charge in [-0.05, 0) is 73.1 Å². The van der Waals surface area contributed by atoms with Crippen LogP contribution in [0.4, 0.5) is 11.4 Å². The molecule has 1 saturated heterocycles. The second-order valence-corrected chi connectivity index (χ2v) is 9.77. The molecule has 0 unspecified atom stereocenters. The lowest BCUT2D eigenvalue weighted by Crippen LogP contribution is -2.30. The molecule has 2 amide bonds. The van der Waals surface area contributed by atoms with E-state index >= 15 is 0 Å². The lowest BCUT2D eigenvalue weighted by molar-refractivity contribution is -0.122. The fourth-order valence-corrected chi connectivity index (χ4v) is 4.77. The predicted molar refractivity (Wildman–Crippen MR) is 154 cm³/mol. The van der Waals surface area contributed by atoms with Crippen molar-refractivity contribution in [3.05, 3.63) is 88.8 Å². The number of hydrogen-bond donors (Lipinski definition) is 1. The average molecular weight is 530 g/mol. The molecule has 196 valence electrons. The standard InChI is InChI=1S/C30H31N3O4S/c1-4-5-17-33-29(35)27(38-30(33)32-24-14-11-21(2)12-15-24)19-22-13-16-25(26(18-22)36-3)37-20-28(34)31-23-9-7-6-8-10-23/h6-16,18-19H,4-5,17,20H2,1-3H3,(H,31,34)/b27-19+,32-30?. The summed E-state index contributed by atoms with van der Waals surface area (Å²) in [7, 11) is 1.54. The van der Waals surface area contributed by atoms with E-state index in [2.05, 4.69) is 12.2 Å². The summed E-state index contributed by atoms with van der Waals surface area (Å²) in [5, 5.41) is 3.46. The van der Waals surface area contributed by atoms with Gasteiger partial charge in [0.15, 0.2) is 23.3 Å². The fraction of sp³-hybridized carbons (Fsp3) is 0.233. The molecule has 0 aliphatic carbocycles. The Bertz CT molecular complexity index is 1340. The summed E-state index contributed by atoms with van der Waals surface area (Å²) in [5.74, 6) is 0.573. The number of rotatable bonds is 10. The van der Waals surface area contributed by atoms with E-state index in [1.807, 2.05) is 73.7 Å². The maximum atomic E-state index is 13.3. The third-order valence-corrected chi connectivity index (χ3v) is 6.79. The van der Waals surface area contributed by atoms with E-state index in [4.69, 9.17) is 14.5 Å². The van der Waals surface area contributed by atoms with Crippen molar-refractivity contribution in [3.8, 4) is 11.5 Å². The van der Waals surface area contributed by atoms with Crippen LogP contribution in [0.15, 0.2) is 82.7 Å². The molecule has 8 heteroatoms. The van der Waals surface area contributed by atoms with E-state index in [0.29, 0.717) is 33.8 Å². The minimum absolute atomic E-state index is 0.0637. The van der Waals surface area contributed by atoms with Crippen molar-refractivity contribution in [2.24, 2.45) is 4.99 Å². The number of unbranched alkanes of at least 4 members (excludes halogenated alkanes) is 1. The first-order chi connectivity index (χ1) is 18.5. The van der Waals surface area contributed by atoms with Gasteiger partial charge in [0.2, 0.25) is 0 Å². The Kier molecular flexibility index (Phi) is 9.21.